The van der Waals surface area contributed by atoms with Crippen LogP contribution in [0.2, 0.25) is 0 Å². The number of fused-ring (bicyclic) bond motifs is 1. The van der Waals surface area contributed by atoms with E-state index in [4.69, 9.17) is 5.84 Å². The third-order valence-electron chi connectivity index (χ3n) is 1.54. The van der Waals surface area contributed by atoms with Crippen LogP contribution in [-0.4, -0.2) is 9.66 Å². The van der Waals surface area contributed by atoms with Crippen molar-refractivity contribution in [1.29, 1.82) is 0 Å². The number of hydrogen-bond acceptors (Lipinski definition) is 2. The number of halogens is 1. The SMILES string of the molecule is Nn1ccc2ncc(Br)cc21. The molecule has 3 nitrogen and oxygen atoms in total. The lowest BCUT2D eigenvalue weighted by molar-refractivity contribution is 1.06. The van der Waals surface area contributed by atoms with Crippen molar-refractivity contribution in [2.75, 3.05) is 5.84 Å². The van der Waals surface area contributed by atoms with Crippen LogP contribution in [0, 0.1) is 0 Å². The van der Waals surface area contributed by atoms with Gasteiger partial charge in [0.25, 0.3) is 0 Å². The van der Waals surface area contributed by atoms with E-state index in [1.54, 1.807) is 17.1 Å². The van der Waals surface area contributed by atoms with Crippen LogP contribution in [0.25, 0.3) is 11.0 Å². The molecule has 56 valence electrons. The molecule has 0 bridgehead atoms. The topological polar surface area (TPSA) is 43.8 Å². The molecule has 0 fully saturated rings. The highest BCUT2D eigenvalue weighted by molar-refractivity contribution is 9.10. The number of pyridine rings is 1. The largest absolute Gasteiger partial charge is 0.339 e. The molecule has 0 aliphatic carbocycles. The molecule has 0 saturated heterocycles. The minimum Gasteiger partial charge on any atom is -0.339 e. The van der Waals surface area contributed by atoms with Crippen molar-refractivity contribution in [3.8, 4) is 0 Å². The molecule has 0 atom stereocenters. The zero-order chi connectivity index (χ0) is 7.84. The zero-order valence-corrected chi connectivity index (χ0v) is 7.25. The number of nitrogens with zero attached hydrogens (tertiary/aromatic N) is 2. The molecule has 2 rings (SSSR count). The monoisotopic (exact) mass is 211 g/mol. The van der Waals surface area contributed by atoms with Gasteiger partial charge in [-0.05, 0) is 28.1 Å². The average Bonchev–Trinajstić information content (AvgIpc) is 2.33. The number of nitrogen functional groups attached to an aromatic ring is 1. The molecule has 11 heavy (non-hydrogen) atoms. The van der Waals surface area contributed by atoms with E-state index in [0.29, 0.717) is 0 Å². The maximum Gasteiger partial charge on any atom is 0.0901 e. The van der Waals surface area contributed by atoms with E-state index in [2.05, 4.69) is 20.9 Å². The maximum absolute atomic E-state index is 5.60. The lowest BCUT2D eigenvalue weighted by atomic mass is 10.4. The Kier molecular flexibility index (Phi) is 1.35. The number of rotatable bonds is 0. The predicted octanol–water partition coefficient (Wildman–Crippen LogP) is 1.51. The molecule has 0 spiro atoms. The van der Waals surface area contributed by atoms with E-state index in [0.717, 1.165) is 15.5 Å². The van der Waals surface area contributed by atoms with Gasteiger partial charge in [-0.15, -0.1) is 0 Å². The van der Waals surface area contributed by atoms with Gasteiger partial charge in [0.15, 0.2) is 0 Å². The van der Waals surface area contributed by atoms with E-state index in [1.807, 2.05) is 12.1 Å². The summed E-state index contributed by atoms with van der Waals surface area (Å²) < 4.78 is 2.49. The smallest absolute Gasteiger partial charge is 0.0901 e. The van der Waals surface area contributed by atoms with Gasteiger partial charge in [-0.3, -0.25) is 9.66 Å². The molecule has 0 unspecified atom stereocenters. The summed E-state index contributed by atoms with van der Waals surface area (Å²) in [5.74, 6) is 5.60. The highest BCUT2D eigenvalue weighted by Crippen LogP contribution is 2.15. The van der Waals surface area contributed by atoms with E-state index in [-0.39, 0.29) is 0 Å². The normalized spacial score (nSPS) is 10.6. The molecular weight excluding hydrogens is 206 g/mol. The van der Waals surface area contributed by atoms with Gasteiger partial charge in [-0.1, -0.05) is 0 Å². The first kappa shape index (κ1) is 6.67. The first-order valence-corrected chi connectivity index (χ1v) is 3.94. The molecule has 0 aliphatic rings. The first-order chi connectivity index (χ1) is 5.27. The lowest BCUT2D eigenvalue weighted by Crippen LogP contribution is -2.04. The van der Waals surface area contributed by atoms with Crippen molar-refractivity contribution in [2.45, 2.75) is 0 Å². The fourth-order valence-electron chi connectivity index (χ4n) is 1.01. The second-order valence-corrected chi connectivity index (χ2v) is 3.20. The summed E-state index contributed by atoms with van der Waals surface area (Å²) in [5, 5.41) is 0. The minimum atomic E-state index is 0.913. The Labute approximate surface area is 71.9 Å². The average molecular weight is 212 g/mol. The summed E-state index contributed by atoms with van der Waals surface area (Å²) in [6.07, 6.45) is 3.53. The highest BCUT2D eigenvalue weighted by atomic mass is 79.9. The molecule has 2 aromatic heterocycles. The highest BCUT2D eigenvalue weighted by Gasteiger charge is 1.98. The van der Waals surface area contributed by atoms with Gasteiger partial charge in [0.1, 0.15) is 0 Å². The summed E-state index contributed by atoms with van der Waals surface area (Å²) in [6, 6.07) is 3.81. The third kappa shape index (κ3) is 0.991. The van der Waals surface area contributed by atoms with Gasteiger partial charge >= 0.3 is 0 Å². The zero-order valence-electron chi connectivity index (χ0n) is 5.66. The Bertz CT molecular complexity index is 393. The van der Waals surface area contributed by atoms with Crippen LogP contribution in [0.15, 0.2) is 29.0 Å². The van der Waals surface area contributed by atoms with Crippen molar-refractivity contribution in [3.05, 3.63) is 29.0 Å². The quantitative estimate of drug-likeness (QED) is 0.672. The van der Waals surface area contributed by atoms with Gasteiger partial charge in [-0.25, -0.2) is 0 Å². The van der Waals surface area contributed by atoms with E-state index in [9.17, 15) is 0 Å². The predicted molar refractivity (Wildman–Crippen MR) is 47.6 cm³/mol. The second kappa shape index (κ2) is 2.23. The van der Waals surface area contributed by atoms with Gasteiger partial charge < -0.3 is 5.84 Å². The molecule has 0 aliphatic heterocycles. The summed E-state index contributed by atoms with van der Waals surface area (Å²) in [5.41, 5.74) is 1.84. The Morgan fingerprint density at radius 3 is 3.18 bits per heavy atom. The Morgan fingerprint density at radius 2 is 2.36 bits per heavy atom. The van der Waals surface area contributed by atoms with Crippen molar-refractivity contribution in [2.24, 2.45) is 0 Å². The third-order valence-corrected chi connectivity index (χ3v) is 1.97. The van der Waals surface area contributed by atoms with Crippen LogP contribution < -0.4 is 5.84 Å². The van der Waals surface area contributed by atoms with Gasteiger partial charge in [-0.2, -0.15) is 0 Å². The van der Waals surface area contributed by atoms with Gasteiger partial charge in [0.05, 0.1) is 11.0 Å². The fourth-order valence-corrected chi connectivity index (χ4v) is 1.32. The van der Waals surface area contributed by atoms with Crippen LogP contribution in [-0.2, 0) is 0 Å². The van der Waals surface area contributed by atoms with Crippen molar-refractivity contribution >= 4 is 27.0 Å². The molecule has 4 heteroatoms. The van der Waals surface area contributed by atoms with E-state index in [1.165, 1.54) is 0 Å². The molecule has 0 saturated carbocycles. The van der Waals surface area contributed by atoms with Crippen molar-refractivity contribution in [1.82, 2.24) is 9.66 Å². The second-order valence-electron chi connectivity index (χ2n) is 2.28. The minimum absolute atomic E-state index is 0.913. The summed E-state index contributed by atoms with van der Waals surface area (Å²) in [7, 11) is 0. The molecule has 2 aromatic rings. The Morgan fingerprint density at radius 1 is 1.55 bits per heavy atom. The van der Waals surface area contributed by atoms with Crippen LogP contribution in [0.5, 0.6) is 0 Å². The number of aromatic nitrogens is 2. The van der Waals surface area contributed by atoms with Crippen molar-refractivity contribution in [3.63, 3.8) is 0 Å². The Balaban J connectivity index is 2.87. The number of nitrogens with two attached hydrogens (primary N) is 1. The first-order valence-electron chi connectivity index (χ1n) is 3.15. The summed E-state index contributed by atoms with van der Waals surface area (Å²) in [4.78, 5) is 4.15. The van der Waals surface area contributed by atoms with Crippen molar-refractivity contribution < 1.29 is 0 Å². The molecular formula is C7H6BrN3. The molecule has 0 aromatic carbocycles. The van der Waals surface area contributed by atoms with E-state index >= 15 is 0 Å². The van der Waals surface area contributed by atoms with Crippen LogP contribution in [0.3, 0.4) is 0 Å². The van der Waals surface area contributed by atoms with Gasteiger partial charge in [0, 0.05) is 16.9 Å². The fraction of sp³-hybridized carbons (Fsp3) is 0. The molecule has 2 heterocycles. The summed E-state index contributed by atoms with van der Waals surface area (Å²) in [6.45, 7) is 0. The molecule has 0 amide bonds. The molecule has 2 N–H and O–H groups in total. The van der Waals surface area contributed by atoms with E-state index < -0.39 is 0 Å². The summed E-state index contributed by atoms with van der Waals surface area (Å²) >= 11 is 3.32. The van der Waals surface area contributed by atoms with Crippen LogP contribution in [0.1, 0.15) is 0 Å². The standard InChI is InChI=1S/C7H6BrN3/c8-5-3-7-6(10-4-5)1-2-11(7)9/h1-4H,9H2. The maximum atomic E-state index is 5.60. The number of hydrogen-bond donors (Lipinski definition) is 1. The van der Waals surface area contributed by atoms with Crippen LogP contribution >= 0.6 is 15.9 Å². The molecule has 0 radical (unpaired) electrons. The Hall–Kier alpha value is -1.03. The lowest BCUT2D eigenvalue weighted by Gasteiger charge is -1.94. The van der Waals surface area contributed by atoms with Gasteiger partial charge in [0.2, 0.25) is 0 Å². The van der Waals surface area contributed by atoms with Crippen LogP contribution in [0.4, 0.5) is 0 Å².